The first-order valence-electron chi connectivity index (χ1n) is 7.50. The first-order valence-corrected chi connectivity index (χ1v) is 8.32. The van der Waals surface area contributed by atoms with Crippen molar-refractivity contribution >= 4 is 32.6 Å². The molecule has 5 nitrogen and oxygen atoms in total. The first kappa shape index (κ1) is 15.5. The number of benzene rings is 2. The smallest absolute Gasteiger partial charge is 0.279 e. The van der Waals surface area contributed by atoms with Crippen molar-refractivity contribution in [1.82, 2.24) is 10.1 Å². The summed E-state index contributed by atoms with van der Waals surface area (Å²) in [5.41, 5.74) is 1.99. The van der Waals surface area contributed by atoms with Gasteiger partial charge < -0.3 is 4.52 Å². The molecule has 1 amide bonds. The summed E-state index contributed by atoms with van der Waals surface area (Å²) in [6.45, 7) is 1.68. The number of nitrogens with zero attached hydrogens (tertiary/aromatic N) is 2. The topological polar surface area (TPSA) is 68.0 Å². The summed E-state index contributed by atoms with van der Waals surface area (Å²) in [4.78, 5) is 16.7. The molecule has 0 saturated heterocycles. The van der Waals surface area contributed by atoms with Gasteiger partial charge in [0.15, 0.2) is 16.6 Å². The molecule has 0 fully saturated rings. The molecular formula is C18H12FN3O2S. The Hall–Kier alpha value is -3.06. The molecule has 2 heterocycles. The molecule has 0 atom stereocenters. The highest BCUT2D eigenvalue weighted by molar-refractivity contribution is 7.22. The Morgan fingerprint density at radius 3 is 2.84 bits per heavy atom. The van der Waals surface area contributed by atoms with Crippen LogP contribution in [0.2, 0.25) is 0 Å². The summed E-state index contributed by atoms with van der Waals surface area (Å²) in [5, 5.41) is 6.95. The highest BCUT2D eigenvalue weighted by Gasteiger charge is 2.16. The Balaban J connectivity index is 1.56. The van der Waals surface area contributed by atoms with E-state index in [2.05, 4.69) is 15.5 Å². The van der Waals surface area contributed by atoms with Crippen LogP contribution in [0.15, 0.2) is 53.1 Å². The van der Waals surface area contributed by atoms with E-state index < -0.39 is 5.91 Å². The van der Waals surface area contributed by atoms with Crippen LogP contribution in [0.1, 0.15) is 16.1 Å². The third-order valence-corrected chi connectivity index (χ3v) is 4.67. The van der Waals surface area contributed by atoms with Crippen LogP contribution in [0.4, 0.5) is 9.52 Å². The van der Waals surface area contributed by atoms with Crippen LogP contribution in [0.3, 0.4) is 0 Å². The lowest BCUT2D eigenvalue weighted by molar-refractivity contribution is 0.101. The molecule has 7 heteroatoms. The average molecular weight is 353 g/mol. The summed E-state index contributed by atoms with van der Waals surface area (Å²) in [6.07, 6.45) is 0. The average Bonchev–Trinajstić information content (AvgIpc) is 3.23. The number of carbonyl (C=O) groups is 1. The lowest BCUT2D eigenvalue weighted by Gasteiger charge is -1.98. The minimum Gasteiger partial charge on any atom is -0.355 e. The Morgan fingerprint density at radius 1 is 1.20 bits per heavy atom. The number of aryl methyl sites for hydroxylation is 1. The number of carbonyl (C=O) groups excluding carboxylic acids is 1. The fraction of sp³-hybridized carbons (Fsp3) is 0.0556. The second kappa shape index (κ2) is 6.10. The maximum absolute atomic E-state index is 13.7. The monoisotopic (exact) mass is 353 g/mol. The standard InChI is InChI=1S/C18H12FN3O2S/c1-10-6-7-11(8-12(10)19)15-9-14(22-24-15)17(23)21-18-20-13-4-2-3-5-16(13)25-18/h2-9H,1H3,(H,20,21,23). The summed E-state index contributed by atoms with van der Waals surface area (Å²) in [6, 6.07) is 13.8. The lowest BCUT2D eigenvalue weighted by Crippen LogP contribution is -2.11. The van der Waals surface area contributed by atoms with Gasteiger partial charge >= 0.3 is 0 Å². The first-order chi connectivity index (χ1) is 12.1. The second-order valence-corrected chi connectivity index (χ2v) is 6.51. The molecule has 0 bridgehead atoms. The van der Waals surface area contributed by atoms with Crippen LogP contribution < -0.4 is 5.32 Å². The number of halogens is 1. The number of para-hydroxylation sites is 1. The third-order valence-electron chi connectivity index (χ3n) is 3.71. The minimum atomic E-state index is -0.429. The fourth-order valence-corrected chi connectivity index (χ4v) is 3.21. The summed E-state index contributed by atoms with van der Waals surface area (Å²) in [7, 11) is 0. The highest BCUT2D eigenvalue weighted by Crippen LogP contribution is 2.26. The number of hydrogen-bond donors (Lipinski definition) is 1. The van der Waals surface area contributed by atoms with E-state index >= 15 is 0 Å². The van der Waals surface area contributed by atoms with Gasteiger partial charge in [-0.3, -0.25) is 10.1 Å². The molecule has 0 aliphatic carbocycles. The van der Waals surface area contributed by atoms with Gasteiger partial charge in [0.25, 0.3) is 5.91 Å². The van der Waals surface area contributed by atoms with E-state index in [0.717, 1.165) is 10.2 Å². The highest BCUT2D eigenvalue weighted by atomic mass is 32.1. The molecule has 0 unspecified atom stereocenters. The molecule has 4 aromatic rings. The van der Waals surface area contributed by atoms with E-state index in [9.17, 15) is 9.18 Å². The van der Waals surface area contributed by atoms with Crippen molar-refractivity contribution in [3.8, 4) is 11.3 Å². The summed E-state index contributed by atoms with van der Waals surface area (Å²) < 4.78 is 19.8. The Kier molecular flexibility index (Phi) is 3.77. The number of anilines is 1. The van der Waals surface area contributed by atoms with E-state index in [-0.39, 0.29) is 11.5 Å². The largest absolute Gasteiger partial charge is 0.355 e. The van der Waals surface area contributed by atoms with Gasteiger partial charge in [0.2, 0.25) is 0 Å². The fourth-order valence-electron chi connectivity index (χ4n) is 2.35. The van der Waals surface area contributed by atoms with Crippen molar-refractivity contribution in [3.63, 3.8) is 0 Å². The molecule has 0 radical (unpaired) electrons. The van der Waals surface area contributed by atoms with Gasteiger partial charge in [0, 0.05) is 11.6 Å². The molecule has 2 aromatic carbocycles. The molecule has 25 heavy (non-hydrogen) atoms. The van der Waals surface area contributed by atoms with Crippen molar-refractivity contribution in [3.05, 3.63) is 65.6 Å². The number of hydrogen-bond acceptors (Lipinski definition) is 5. The van der Waals surface area contributed by atoms with Crippen molar-refractivity contribution < 1.29 is 13.7 Å². The molecule has 0 aliphatic rings. The van der Waals surface area contributed by atoms with Gasteiger partial charge in [0.1, 0.15) is 5.82 Å². The van der Waals surface area contributed by atoms with Crippen LogP contribution in [0.5, 0.6) is 0 Å². The Bertz CT molecular complexity index is 1050. The van der Waals surface area contributed by atoms with Gasteiger partial charge in [-0.15, -0.1) is 0 Å². The molecule has 2 aromatic heterocycles. The zero-order valence-corrected chi connectivity index (χ0v) is 13.9. The molecular weight excluding hydrogens is 341 g/mol. The molecule has 4 rings (SSSR count). The number of aromatic nitrogens is 2. The number of fused-ring (bicyclic) bond motifs is 1. The molecule has 124 valence electrons. The predicted octanol–water partition coefficient (Wildman–Crippen LogP) is 4.65. The van der Waals surface area contributed by atoms with Gasteiger partial charge in [-0.25, -0.2) is 9.37 Å². The number of nitrogens with one attached hydrogen (secondary N) is 1. The van der Waals surface area contributed by atoms with E-state index in [1.165, 1.54) is 23.5 Å². The van der Waals surface area contributed by atoms with Gasteiger partial charge in [0.05, 0.1) is 10.2 Å². The summed E-state index contributed by atoms with van der Waals surface area (Å²) in [5.74, 6) is -0.440. The van der Waals surface area contributed by atoms with Crippen LogP contribution in [0.25, 0.3) is 21.5 Å². The van der Waals surface area contributed by atoms with Crippen LogP contribution in [-0.2, 0) is 0 Å². The van der Waals surface area contributed by atoms with Gasteiger partial charge in [-0.1, -0.05) is 40.8 Å². The third kappa shape index (κ3) is 3.01. The number of amides is 1. The summed E-state index contributed by atoms with van der Waals surface area (Å²) >= 11 is 1.38. The molecule has 1 N–H and O–H groups in total. The van der Waals surface area contributed by atoms with E-state index in [1.807, 2.05) is 24.3 Å². The zero-order valence-electron chi connectivity index (χ0n) is 13.1. The Morgan fingerprint density at radius 2 is 2.04 bits per heavy atom. The Labute approximate surface area is 146 Å². The van der Waals surface area contributed by atoms with Crippen LogP contribution in [0, 0.1) is 12.7 Å². The SMILES string of the molecule is Cc1ccc(-c2cc(C(=O)Nc3nc4ccccc4s3)no2)cc1F. The normalized spacial score (nSPS) is 11.0. The van der Waals surface area contributed by atoms with Gasteiger partial charge in [-0.05, 0) is 30.7 Å². The van der Waals surface area contributed by atoms with Crippen molar-refractivity contribution in [1.29, 1.82) is 0 Å². The maximum Gasteiger partial charge on any atom is 0.279 e. The van der Waals surface area contributed by atoms with Crippen molar-refractivity contribution in [2.24, 2.45) is 0 Å². The molecule has 0 saturated carbocycles. The second-order valence-electron chi connectivity index (χ2n) is 5.48. The molecule has 0 aliphatic heterocycles. The van der Waals surface area contributed by atoms with Crippen molar-refractivity contribution in [2.75, 3.05) is 5.32 Å². The molecule has 0 spiro atoms. The van der Waals surface area contributed by atoms with E-state index in [1.54, 1.807) is 19.1 Å². The van der Waals surface area contributed by atoms with E-state index in [4.69, 9.17) is 4.52 Å². The lowest BCUT2D eigenvalue weighted by atomic mass is 10.1. The zero-order chi connectivity index (χ0) is 17.4. The van der Waals surface area contributed by atoms with E-state index in [0.29, 0.717) is 22.0 Å². The maximum atomic E-state index is 13.7. The number of rotatable bonds is 3. The van der Waals surface area contributed by atoms with Crippen LogP contribution in [-0.4, -0.2) is 16.0 Å². The van der Waals surface area contributed by atoms with Gasteiger partial charge in [-0.2, -0.15) is 0 Å². The predicted molar refractivity (Wildman–Crippen MR) is 94.2 cm³/mol. The number of thiazole rings is 1. The van der Waals surface area contributed by atoms with Crippen molar-refractivity contribution in [2.45, 2.75) is 6.92 Å². The minimum absolute atomic E-state index is 0.107. The quantitative estimate of drug-likeness (QED) is 0.582. The van der Waals surface area contributed by atoms with Crippen LogP contribution >= 0.6 is 11.3 Å².